The topological polar surface area (TPSA) is 38.5 Å². The number of benzene rings is 1. The SMILES string of the molecule is COc1ccc(Cl)cc1CN(CCCN)C1CC1. The third-order valence-corrected chi connectivity index (χ3v) is 3.56. The van der Waals surface area contributed by atoms with Gasteiger partial charge >= 0.3 is 0 Å². The molecule has 0 saturated heterocycles. The van der Waals surface area contributed by atoms with E-state index in [9.17, 15) is 0 Å². The lowest BCUT2D eigenvalue weighted by atomic mass is 10.1. The molecule has 2 N–H and O–H groups in total. The van der Waals surface area contributed by atoms with Crippen LogP contribution >= 0.6 is 11.6 Å². The summed E-state index contributed by atoms with van der Waals surface area (Å²) in [7, 11) is 1.70. The molecule has 1 saturated carbocycles. The standard InChI is InChI=1S/C14H21ClN2O/c1-18-14-6-3-12(15)9-11(14)10-17(8-2-7-16)13-4-5-13/h3,6,9,13H,2,4-5,7-8,10,16H2,1H3. The molecular weight excluding hydrogens is 248 g/mol. The lowest BCUT2D eigenvalue weighted by Gasteiger charge is -2.23. The minimum Gasteiger partial charge on any atom is -0.496 e. The molecule has 4 heteroatoms. The van der Waals surface area contributed by atoms with Gasteiger partial charge in [-0.2, -0.15) is 0 Å². The van der Waals surface area contributed by atoms with Crippen molar-refractivity contribution in [3.05, 3.63) is 28.8 Å². The van der Waals surface area contributed by atoms with Crippen molar-refractivity contribution >= 4 is 11.6 Å². The number of hydrogen-bond donors (Lipinski definition) is 1. The summed E-state index contributed by atoms with van der Waals surface area (Å²) in [6, 6.07) is 6.52. The third-order valence-electron chi connectivity index (χ3n) is 3.33. The summed E-state index contributed by atoms with van der Waals surface area (Å²) in [4.78, 5) is 2.49. The average molecular weight is 269 g/mol. The highest BCUT2D eigenvalue weighted by Gasteiger charge is 2.28. The Morgan fingerprint density at radius 2 is 2.22 bits per heavy atom. The van der Waals surface area contributed by atoms with Crippen LogP contribution in [0.25, 0.3) is 0 Å². The van der Waals surface area contributed by atoms with Crippen molar-refractivity contribution in [2.45, 2.75) is 31.8 Å². The maximum Gasteiger partial charge on any atom is 0.123 e. The summed E-state index contributed by atoms with van der Waals surface area (Å²) in [5.41, 5.74) is 6.76. The number of ether oxygens (including phenoxy) is 1. The summed E-state index contributed by atoms with van der Waals surface area (Å²) < 4.78 is 5.40. The second-order valence-corrected chi connectivity index (χ2v) is 5.24. The van der Waals surface area contributed by atoms with Crippen LogP contribution < -0.4 is 10.5 Å². The minimum atomic E-state index is 0.722. The molecule has 1 aromatic rings. The van der Waals surface area contributed by atoms with Crippen molar-refractivity contribution in [3.8, 4) is 5.75 Å². The van der Waals surface area contributed by atoms with Crippen molar-refractivity contribution in [3.63, 3.8) is 0 Å². The smallest absolute Gasteiger partial charge is 0.123 e. The quantitative estimate of drug-likeness (QED) is 0.826. The molecule has 1 aliphatic rings. The first kappa shape index (κ1) is 13.7. The van der Waals surface area contributed by atoms with Crippen LogP contribution in [0.5, 0.6) is 5.75 Å². The summed E-state index contributed by atoms with van der Waals surface area (Å²) in [6.07, 6.45) is 3.64. The van der Waals surface area contributed by atoms with Crippen LogP contribution in [0.1, 0.15) is 24.8 Å². The van der Waals surface area contributed by atoms with E-state index in [0.717, 1.165) is 48.4 Å². The Hall–Kier alpha value is -0.770. The van der Waals surface area contributed by atoms with Crippen LogP contribution in [0.15, 0.2) is 18.2 Å². The number of nitrogens with zero attached hydrogens (tertiary/aromatic N) is 1. The summed E-state index contributed by atoms with van der Waals surface area (Å²) in [5, 5.41) is 0.764. The van der Waals surface area contributed by atoms with Gasteiger partial charge in [0.2, 0.25) is 0 Å². The molecule has 0 amide bonds. The predicted molar refractivity (Wildman–Crippen MR) is 75.1 cm³/mol. The van der Waals surface area contributed by atoms with Crippen molar-refractivity contribution in [1.82, 2.24) is 4.90 Å². The van der Waals surface area contributed by atoms with Crippen molar-refractivity contribution < 1.29 is 4.74 Å². The Kier molecular flexibility index (Phi) is 4.87. The van der Waals surface area contributed by atoms with Crippen molar-refractivity contribution in [1.29, 1.82) is 0 Å². The van der Waals surface area contributed by atoms with E-state index in [2.05, 4.69) is 4.90 Å². The van der Waals surface area contributed by atoms with E-state index in [-0.39, 0.29) is 0 Å². The van der Waals surface area contributed by atoms with Crippen molar-refractivity contribution in [2.24, 2.45) is 5.73 Å². The van der Waals surface area contributed by atoms with E-state index in [1.165, 1.54) is 12.8 Å². The number of rotatable bonds is 7. The molecule has 0 aromatic heterocycles. The fourth-order valence-electron chi connectivity index (χ4n) is 2.21. The first-order valence-corrected chi connectivity index (χ1v) is 6.89. The summed E-state index contributed by atoms with van der Waals surface area (Å²) in [6.45, 7) is 2.70. The third kappa shape index (κ3) is 3.61. The highest BCUT2D eigenvalue weighted by molar-refractivity contribution is 6.30. The van der Waals surface area contributed by atoms with Gasteiger partial charge in [0.05, 0.1) is 7.11 Å². The number of nitrogens with two attached hydrogens (primary N) is 1. The van der Waals surface area contributed by atoms with Gasteiger partial charge in [-0.25, -0.2) is 0 Å². The molecule has 0 bridgehead atoms. The first-order valence-electron chi connectivity index (χ1n) is 6.51. The molecule has 1 aliphatic carbocycles. The maximum atomic E-state index is 6.06. The summed E-state index contributed by atoms with van der Waals surface area (Å²) >= 11 is 6.06. The van der Waals surface area contributed by atoms with E-state index >= 15 is 0 Å². The maximum absolute atomic E-state index is 6.06. The van der Waals surface area contributed by atoms with Gasteiger partial charge in [-0.3, -0.25) is 4.90 Å². The molecule has 0 unspecified atom stereocenters. The highest BCUT2D eigenvalue weighted by Crippen LogP contribution is 2.31. The Bertz CT molecular complexity index is 393. The van der Waals surface area contributed by atoms with Gasteiger partial charge in [0.25, 0.3) is 0 Å². The second-order valence-electron chi connectivity index (χ2n) is 4.80. The molecule has 0 radical (unpaired) electrons. The molecule has 1 aromatic carbocycles. The van der Waals surface area contributed by atoms with Gasteiger partial charge < -0.3 is 10.5 Å². The van der Waals surface area contributed by atoms with Crippen LogP contribution in [0.3, 0.4) is 0 Å². The minimum absolute atomic E-state index is 0.722. The molecule has 0 aliphatic heterocycles. The van der Waals surface area contributed by atoms with Crippen LogP contribution in [-0.4, -0.2) is 31.1 Å². The Balaban J connectivity index is 2.07. The van der Waals surface area contributed by atoms with Gasteiger partial charge in [-0.05, 0) is 50.6 Å². The van der Waals surface area contributed by atoms with Crippen LogP contribution in [0, 0.1) is 0 Å². The average Bonchev–Trinajstić information content (AvgIpc) is 3.19. The number of halogens is 1. The van der Waals surface area contributed by atoms with E-state index in [4.69, 9.17) is 22.1 Å². The van der Waals surface area contributed by atoms with E-state index in [1.54, 1.807) is 7.11 Å². The molecule has 100 valence electrons. The first-order chi connectivity index (χ1) is 8.74. The zero-order chi connectivity index (χ0) is 13.0. The zero-order valence-electron chi connectivity index (χ0n) is 10.9. The molecule has 1 fully saturated rings. The Morgan fingerprint density at radius 1 is 1.44 bits per heavy atom. The van der Waals surface area contributed by atoms with Gasteiger partial charge in [-0.1, -0.05) is 11.6 Å². The van der Waals surface area contributed by atoms with Crippen LogP contribution in [-0.2, 0) is 6.54 Å². The predicted octanol–water partition coefficient (Wildman–Crippen LogP) is 2.66. The van der Waals surface area contributed by atoms with Crippen molar-refractivity contribution in [2.75, 3.05) is 20.2 Å². The van der Waals surface area contributed by atoms with Gasteiger partial charge in [0.1, 0.15) is 5.75 Å². The Labute approximate surface area is 114 Å². The van der Waals surface area contributed by atoms with Gasteiger partial charge in [0, 0.05) is 23.2 Å². The van der Waals surface area contributed by atoms with Crippen LogP contribution in [0.2, 0.25) is 5.02 Å². The zero-order valence-corrected chi connectivity index (χ0v) is 11.6. The lowest BCUT2D eigenvalue weighted by molar-refractivity contribution is 0.249. The largest absolute Gasteiger partial charge is 0.496 e. The normalized spacial score (nSPS) is 15.1. The molecule has 0 atom stereocenters. The monoisotopic (exact) mass is 268 g/mol. The van der Waals surface area contributed by atoms with E-state index < -0.39 is 0 Å². The van der Waals surface area contributed by atoms with Crippen LogP contribution in [0.4, 0.5) is 0 Å². The molecule has 18 heavy (non-hydrogen) atoms. The fourth-order valence-corrected chi connectivity index (χ4v) is 2.41. The molecule has 3 nitrogen and oxygen atoms in total. The van der Waals surface area contributed by atoms with E-state index in [0.29, 0.717) is 0 Å². The lowest BCUT2D eigenvalue weighted by Crippen LogP contribution is -2.28. The molecule has 0 spiro atoms. The Morgan fingerprint density at radius 3 is 2.83 bits per heavy atom. The fraction of sp³-hybridized carbons (Fsp3) is 0.571. The molecular formula is C14H21ClN2O. The van der Waals surface area contributed by atoms with E-state index in [1.807, 2.05) is 18.2 Å². The summed E-state index contributed by atoms with van der Waals surface area (Å²) in [5.74, 6) is 0.915. The van der Waals surface area contributed by atoms with Gasteiger partial charge in [0.15, 0.2) is 0 Å². The number of hydrogen-bond acceptors (Lipinski definition) is 3. The molecule has 0 heterocycles. The molecule has 2 rings (SSSR count). The van der Waals surface area contributed by atoms with Gasteiger partial charge in [-0.15, -0.1) is 0 Å². The highest BCUT2D eigenvalue weighted by atomic mass is 35.5. The second kappa shape index (κ2) is 6.41. The number of methoxy groups -OCH3 is 1.